The average Bonchev–Trinajstić information content (AvgIpc) is 3.27. The van der Waals surface area contributed by atoms with Gasteiger partial charge in [0, 0.05) is 43.9 Å². The zero-order valence-corrected chi connectivity index (χ0v) is 20.7. The number of primary amides is 1. The highest BCUT2D eigenvalue weighted by Gasteiger charge is 2.37. The fourth-order valence-electron chi connectivity index (χ4n) is 6.28. The molecule has 0 radical (unpaired) electrons. The first-order chi connectivity index (χ1) is 16.6. The molecule has 34 heavy (non-hydrogen) atoms. The molecule has 3 heterocycles. The first-order valence-electron chi connectivity index (χ1n) is 13.0. The number of hydrogen-bond acceptors (Lipinski definition) is 6. The summed E-state index contributed by atoms with van der Waals surface area (Å²) in [6.07, 6.45) is 9.14. The van der Waals surface area contributed by atoms with Gasteiger partial charge in [-0.1, -0.05) is 29.6 Å². The maximum absolute atomic E-state index is 12.2. The molecule has 1 saturated carbocycles. The number of carbonyl (C=O) groups is 1. The number of rotatable bonds is 7. The number of hydrogen-bond donors (Lipinski definition) is 1. The standard InChI is InChI=1S/C26H37ClN4O3/c27-20-8-9-21-23(17-20)34-29-26(21)31-14-12-30(13-15-31)11-10-18-4-6-19(7-5-18)24(25(28)32)22-3-1-2-16-33-22/h8-9,17-19,22,24H,1-7,10-16H2,(H2,28,32)/t18?,19?,22-,24?/m1/s1. The molecular formula is C26H37ClN4O3. The number of nitrogens with two attached hydrogens (primary N) is 1. The maximum atomic E-state index is 12.2. The van der Waals surface area contributed by atoms with Crippen molar-refractivity contribution in [2.24, 2.45) is 23.5 Å². The lowest BCUT2D eigenvalue weighted by molar-refractivity contribution is -0.133. The second kappa shape index (κ2) is 10.8. The summed E-state index contributed by atoms with van der Waals surface area (Å²) >= 11 is 6.07. The third-order valence-electron chi connectivity index (χ3n) is 8.28. The topological polar surface area (TPSA) is 84.8 Å². The Labute approximate surface area is 206 Å². The minimum atomic E-state index is -0.156. The Hall–Kier alpha value is -1.83. The molecule has 1 aliphatic carbocycles. The van der Waals surface area contributed by atoms with Gasteiger partial charge in [0.2, 0.25) is 5.91 Å². The van der Waals surface area contributed by atoms with Crippen LogP contribution in [0.2, 0.25) is 5.02 Å². The lowest BCUT2D eigenvalue weighted by Crippen LogP contribution is -2.47. The first kappa shape index (κ1) is 23.9. The number of nitrogens with zero attached hydrogens (tertiary/aromatic N) is 3. The fraction of sp³-hybridized carbons (Fsp3) is 0.692. The molecular weight excluding hydrogens is 452 g/mol. The predicted octanol–water partition coefficient (Wildman–Crippen LogP) is 4.47. The monoisotopic (exact) mass is 488 g/mol. The lowest BCUT2D eigenvalue weighted by Gasteiger charge is -2.38. The van der Waals surface area contributed by atoms with Crippen molar-refractivity contribution in [3.63, 3.8) is 0 Å². The van der Waals surface area contributed by atoms with E-state index < -0.39 is 0 Å². The van der Waals surface area contributed by atoms with Crippen LogP contribution in [0.1, 0.15) is 51.4 Å². The van der Waals surface area contributed by atoms with Crippen LogP contribution in [-0.4, -0.2) is 61.4 Å². The number of carbonyl (C=O) groups excluding carboxylic acids is 1. The van der Waals surface area contributed by atoms with Crippen molar-refractivity contribution in [3.8, 4) is 0 Å². The fourth-order valence-corrected chi connectivity index (χ4v) is 6.44. The van der Waals surface area contributed by atoms with Gasteiger partial charge in [0.15, 0.2) is 11.4 Å². The van der Waals surface area contributed by atoms with Gasteiger partial charge in [-0.2, -0.15) is 0 Å². The van der Waals surface area contributed by atoms with E-state index in [1.807, 2.05) is 18.2 Å². The first-order valence-corrected chi connectivity index (χ1v) is 13.4. The summed E-state index contributed by atoms with van der Waals surface area (Å²) in [6.45, 7) is 5.92. The van der Waals surface area contributed by atoms with E-state index in [1.165, 1.54) is 19.3 Å². The molecule has 2 saturated heterocycles. The Morgan fingerprint density at radius 3 is 2.62 bits per heavy atom. The van der Waals surface area contributed by atoms with Gasteiger partial charge in [0.25, 0.3) is 0 Å². The van der Waals surface area contributed by atoms with Crippen molar-refractivity contribution in [2.75, 3.05) is 44.2 Å². The molecule has 1 unspecified atom stereocenters. The molecule has 0 bridgehead atoms. The average molecular weight is 489 g/mol. The molecule has 1 amide bonds. The molecule has 5 rings (SSSR count). The van der Waals surface area contributed by atoms with E-state index in [4.69, 9.17) is 26.6 Å². The Morgan fingerprint density at radius 1 is 1.12 bits per heavy atom. The highest BCUT2D eigenvalue weighted by atomic mass is 35.5. The molecule has 2 aromatic rings. The van der Waals surface area contributed by atoms with Crippen molar-refractivity contribution in [2.45, 2.75) is 57.5 Å². The summed E-state index contributed by atoms with van der Waals surface area (Å²) in [6, 6.07) is 5.71. The van der Waals surface area contributed by atoms with Crippen LogP contribution >= 0.6 is 11.6 Å². The second-order valence-electron chi connectivity index (χ2n) is 10.4. The van der Waals surface area contributed by atoms with Crippen LogP contribution in [0, 0.1) is 17.8 Å². The largest absolute Gasteiger partial charge is 0.377 e. The van der Waals surface area contributed by atoms with Crippen LogP contribution in [0.5, 0.6) is 0 Å². The summed E-state index contributed by atoms with van der Waals surface area (Å²) in [5.74, 6) is 1.82. The zero-order valence-electron chi connectivity index (χ0n) is 20.0. The predicted molar refractivity (Wildman–Crippen MR) is 134 cm³/mol. The smallest absolute Gasteiger partial charge is 0.223 e. The van der Waals surface area contributed by atoms with Crippen molar-refractivity contribution >= 4 is 34.3 Å². The highest BCUT2D eigenvalue weighted by Crippen LogP contribution is 2.38. The number of aromatic nitrogens is 1. The molecule has 8 heteroatoms. The molecule has 2 aliphatic heterocycles. The van der Waals surface area contributed by atoms with Crippen molar-refractivity contribution < 1.29 is 14.1 Å². The summed E-state index contributed by atoms with van der Waals surface area (Å²) in [5, 5.41) is 6.00. The van der Waals surface area contributed by atoms with Crippen LogP contribution in [0.25, 0.3) is 11.0 Å². The third-order valence-corrected chi connectivity index (χ3v) is 8.52. The van der Waals surface area contributed by atoms with Gasteiger partial charge < -0.3 is 19.9 Å². The maximum Gasteiger partial charge on any atom is 0.223 e. The van der Waals surface area contributed by atoms with E-state index in [0.29, 0.717) is 10.9 Å². The van der Waals surface area contributed by atoms with Gasteiger partial charge in [-0.25, -0.2) is 0 Å². The summed E-state index contributed by atoms with van der Waals surface area (Å²) in [5.41, 5.74) is 6.57. The van der Waals surface area contributed by atoms with Crippen LogP contribution in [0.3, 0.4) is 0 Å². The van der Waals surface area contributed by atoms with E-state index in [9.17, 15) is 4.79 Å². The molecule has 3 fully saturated rings. The number of ether oxygens (including phenoxy) is 1. The Balaban J connectivity index is 1.06. The van der Waals surface area contributed by atoms with Gasteiger partial charge in [0.05, 0.1) is 17.4 Å². The molecule has 7 nitrogen and oxygen atoms in total. The van der Waals surface area contributed by atoms with Crippen molar-refractivity contribution in [1.29, 1.82) is 0 Å². The number of fused-ring (bicyclic) bond motifs is 1. The van der Waals surface area contributed by atoms with E-state index >= 15 is 0 Å². The van der Waals surface area contributed by atoms with Gasteiger partial charge in [-0.3, -0.25) is 9.69 Å². The van der Waals surface area contributed by atoms with Gasteiger partial charge in [0.1, 0.15) is 0 Å². The van der Waals surface area contributed by atoms with E-state index in [1.54, 1.807) is 0 Å². The van der Waals surface area contributed by atoms with E-state index in [2.05, 4.69) is 15.0 Å². The molecule has 3 aliphatic rings. The lowest BCUT2D eigenvalue weighted by atomic mass is 9.72. The summed E-state index contributed by atoms with van der Waals surface area (Å²) < 4.78 is 11.4. The molecule has 0 spiro atoms. The molecule has 186 valence electrons. The molecule has 1 aromatic carbocycles. The Kier molecular flexibility index (Phi) is 7.61. The third kappa shape index (κ3) is 5.37. The van der Waals surface area contributed by atoms with Crippen LogP contribution in [0.4, 0.5) is 5.82 Å². The molecule has 2 atom stereocenters. The minimum Gasteiger partial charge on any atom is -0.377 e. The Bertz CT molecular complexity index is 960. The van der Waals surface area contributed by atoms with Crippen LogP contribution in [0.15, 0.2) is 22.7 Å². The number of piperazine rings is 1. The van der Waals surface area contributed by atoms with Crippen molar-refractivity contribution in [3.05, 3.63) is 23.2 Å². The summed E-state index contributed by atoms with van der Waals surface area (Å²) in [7, 11) is 0. The SMILES string of the molecule is NC(=O)C(C1CCC(CCN2CCN(c3noc4cc(Cl)ccc34)CC2)CC1)[C@H]1CCCCO1. The van der Waals surface area contributed by atoms with Gasteiger partial charge in [-0.05, 0) is 69.0 Å². The molecule has 2 N–H and O–H groups in total. The summed E-state index contributed by atoms with van der Waals surface area (Å²) in [4.78, 5) is 17.1. The van der Waals surface area contributed by atoms with Crippen molar-refractivity contribution in [1.82, 2.24) is 10.1 Å². The highest BCUT2D eigenvalue weighted by molar-refractivity contribution is 6.31. The van der Waals surface area contributed by atoms with E-state index in [0.717, 1.165) is 94.1 Å². The minimum absolute atomic E-state index is 0.0444. The van der Waals surface area contributed by atoms with E-state index in [-0.39, 0.29) is 17.9 Å². The van der Waals surface area contributed by atoms with Gasteiger partial charge in [-0.15, -0.1) is 0 Å². The van der Waals surface area contributed by atoms with Gasteiger partial charge >= 0.3 is 0 Å². The number of amides is 1. The normalized spacial score (nSPS) is 27.7. The number of benzene rings is 1. The zero-order chi connectivity index (χ0) is 23.5. The second-order valence-corrected chi connectivity index (χ2v) is 10.8. The number of anilines is 1. The number of halogens is 1. The molecule has 1 aromatic heterocycles. The van der Waals surface area contributed by atoms with Crippen LogP contribution in [-0.2, 0) is 9.53 Å². The van der Waals surface area contributed by atoms with Crippen LogP contribution < -0.4 is 10.6 Å². The Morgan fingerprint density at radius 2 is 1.91 bits per heavy atom. The quantitative estimate of drug-likeness (QED) is 0.619.